The van der Waals surface area contributed by atoms with Crippen molar-refractivity contribution in [1.82, 2.24) is 14.8 Å². The molecule has 0 unspecified atom stereocenters. The van der Waals surface area contributed by atoms with Gasteiger partial charge in [0.25, 0.3) is 0 Å². The number of hydrogen-bond donors (Lipinski definition) is 1. The Morgan fingerprint density at radius 1 is 1.53 bits per heavy atom. The van der Waals surface area contributed by atoms with Crippen molar-refractivity contribution >= 4 is 5.78 Å². The Morgan fingerprint density at radius 3 is 2.88 bits per heavy atom. The van der Waals surface area contributed by atoms with E-state index >= 15 is 0 Å². The van der Waals surface area contributed by atoms with Gasteiger partial charge in [0.05, 0.1) is 5.69 Å². The zero-order valence-electron chi connectivity index (χ0n) is 9.71. The number of aryl methyl sites for hydroxylation is 2. The molecule has 1 N–H and O–H groups in total. The first-order valence-electron chi connectivity index (χ1n) is 5.34. The third kappa shape index (κ3) is 1.91. The van der Waals surface area contributed by atoms with Gasteiger partial charge < -0.3 is 5.11 Å². The van der Waals surface area contributed by atoms with Crippen LogP contribution in [0.4, 0.5) is 0 Å². The van der Waals surface area contributed by atoms with Gasteiger partial charge in [-0.05, 0) is 18.6 Å². The fourth-order valence-electron chi connectivity index (χ4n) is 1.69. The molecule has 0 fully saturated rings. The van der Waals surface area contributed by atoms with Crippen molar-refractivity contribution < 1.29 is 9.90 Å². The van der Waals surface area contributed by atoms with Crippen LogP contribution in [-0.4, -0.2) is 25.7 Å². The van der Waals surface area contributed by atoms with Gasteiger partial charge in [-0.25, -0.2) is 4.68 Å². The van der Waals surface area contributed by atoms with E-state index < -0.39 is 0 Å². The van der Waals surface area contributed by atoms with Gasteiger partial charge in [0.1, 0.15) is 5.56 Å². The van der Waals surface area contributed by atoms with Gasteiger partial charge in [-0.2, -0.15) is 5.10 Å². The van der Waals surface area contributed by atoms with Crippen LogP contribution in [0.1, 0.15) is 28.5 Å². The minimum atomic E-state index is -0.249. The average molecular weight is 231 g/mol. The Hall–Kier alpha value is -2.17. The van der Waals surface area contributed by atoms with E-state index in [1.165, 1.54) is 10.9 Å². The van der Waals surface area contributed by atoms with Crippen molar-refractivity contribution in [3.8, 4) is 5.88 Å². The second-order valence-electron chi connectivity index (χ2n) is 3.69. The van der Waals surface area contributed by atoms with Crippen LogP contribution in [0.2, 0.25) is 0 Å². The molecule has 0 spiro atoms. The lowest BCUT2D eigenvalue weighted by molar-refractivity contribution is 0.103. The van der Waals surface area contributed by atoms with Crippen LogP contribution in [0.5, 0.6) is 5.88 Å². The second-order valence-corrected chi connectivity index (χ2v) is 3.69. The summed E-state index contributed by atoms with van der Waals surface area (Å²) in [5.41, 5.74) is 1.31. The molecule has 0 aliphatic heterocycles. The summed E-state index contributed by atoms with van der Waals surface area (Å²) >= 11 is 0. The molecule has 0 atom stereocenters. The topological polar surface area (TPSA) is 68.0 Å². The highest BCUT2D eigenvalue weighted by molar-refractivity contribution is 6.11. The Labute approximate surface area is 98.7 Å². The van der Waals surface area contributed by atoms with Gasteiger partial charge in [0, 0.05) is 25.0 Å². The molecular formula is C12H13N3O2. The monoisotopic (exact) mass is 231 g/mol. The maximum atomic E-state index is 12.2. The van der Waals surface area contributed by atoms with Gasteiger partial charge in [0.15, 0.2) is 0 Å². The quantitative estimate of drug-likeness (QED) is 0.809. The number of nitrogens with zero attached hydrogens (tertiary/aromatic N) is 3. The summed E-state index contributed by atoms with van der Waals surface area (Å²) < 4.78 is 1.31. The molecular weight excluding hydrogens is 218 g/mol. The van der Waals surface area contributed by atoms with Crippen molar-refractivity contribution in [3.63, 3.8) is 0 Å². The average Bonchev–Trinajstić information content (AvgIpc) is 2.65. The molecule has 17 heavy (non-hydrogen) atoms. The highest BCUT2D eigenvalue weighted by Gasteiger charge is 2.22. The first-order valence-corrected chi connectivity index (χ1v) is 5.34. The highest BCUT2D eigenvalue weighted by atomic mass is 16.3. The van der Waals surface area contributed by atoms with Gasteiger partial charge in [-0.1, -0.05) is 6.92 Å². The smallest absolute Gasteiger partial charge is 0.220 e. The van der Waals surface area contributed by atoms with Crippen molar-refractivity contribution in [2.75, 3.05) is 0 Å². The molecule has 88 valence electrons. The van der Waals surface area contributed by atoms with Crippen LogP contribution in [0, 0.1) is 0 Å². The Bertz CT molecular complexity index is 546. The number of aromatic hydroxyl groups is 1. The highest BCUT2D eigenvalue weighted by Crippen LogP contribution is 2.23. The van der Waals surface area contributed by atoms with E-state index in [4.69, 9.17) is 0 Å². The van der Waals surface area contributed by atoms with Crippen molar-refractivity contribution in [1.29, 1.82) is 0 Å². The molecule has 0 bridgehead atoms. The summed E-state index contributed by atoms with van der Waals surface area (Å²) in [6, 6.07) is 3.35. The molecule has 0 saturated heterocycles. The predicted molar refractivity (Wildman–Crippen MR) is 61.9 cm³/mol. The predicted octanol–water partition coefficient (Wildman–Crippen LogP) is 1.31. The largest absolute Gasteiger partial charge is 0.493 e. The van der Waals surface area contributed by atoms with E-state index in [0.29, 0.717) is 17.7 Å². The number of carbonyl (C=O) groups is 1. The molecule has 0 aromatic carbocycles. The Morgan fingerprint density at radius 2 is 2.29 bits per heavy atom. The van der Waals surface area contributed by atoms with Gasteiger partial charge in [-0.15, -0.1) is 0 Å². The zero-order chi connectivity index (χ0) is 12.4. The molecule has 2 aromatic heterocycles. The van der Waals surface area contributed by atoms with E-state index in [0.717, 1.165) is 0 Å². The number of ketones is 1. The zero-order valence-corrected chi connectivity index (χ0v) is 9.71. The lowest BCUT2D eigenvalue weighted by atomic mass is 10.0. The summed E-state index contributed by atoms with van der Waals surface area (Å²) in [5.74, 6) is -0.351. The number of hydrogen-bond acceptors (Lipinski definition) is 4. The molecule has 0 aliphatic carbocycles. The third-order valence-electron chi connectivity index (χ3n) is 2.58. The number of aromatic nitrogens is 3. The molecule has 2 aromatic rings. The molecule has 0 radical (unpaired) electrons. The number of rotatable bonds is 3. The molecule has 0 amide bonds. The van der Waals surface area contributed by atoms with E-state index in [1.54, 1.807) is 25.4 Å². The van der Waals surface area contributed by atoms with Gasteiger partial charge >= 0.3 is 0 Å². The maximum Gasteiger partial charge on any atom is 0.220 e. The molecule has 5 nitrogen and oxygen atoms in total. The molecule has 0 saturated carbocycles. The molecule has 2 rings (SSSR count). The Balaban J connectivity index is 2.51. The number of carbonyl (C=O) groups excluding carboxylic acids is 1. The van der Waals surface area contributed by atoms with E-state index in [2.05, 4.69) is 10.1 Å². The summed E-state index contributed by atoms with van der Waals surface area (Å²) in [6.45, 7) is 1.89. The normalized spacial score (nSPS) is 10.5. The number of pyridine rings is 1. The minimum Gasteiger partial charge on any atom is -0.493 e. The molecule has 0 aliphatic rings. The standard InChI is InChI=1S/C12H13N3O2/c1-3-9-10(12(17)15(2)14-9)11(16)8-5-4-6-13-7-8/h4-7,17H,3H2,1-2H3. The first kappa shape index (κ1) is 11.3. The third-order valence-corrected chi connectivity index (χ3v) is 2.58. The SMILES string of the molecule is CCc1nn(C)c(O)c1C(=O)c1cccnc1. The summed E-state index contributed by atoms with van der Waals surface area (Å²) in [7, 11) is 1.61. The minimum absolute atomic E-state index is 0.101. The van der Waals surface area contributed by atoms with Crippen molar-refractivity contribution in [2.45, 2.75) is 13.3 Å². The van der Waals surface area contributed by atoms with Crippen LogP contribution >= 0.6 is 0 Å². The molecule has 2 heterocycles. The lowest BCUT2D eigenvalue weighted by Crippen LogP contribution is -2.04. The second kappa shape index (κ2) is 4.37. The van der Waals surface area contributed by atoms with E-state index in [-0.39, 0.29) is 17.2 Å². The van der Waals surface area contributed by atoms with Crippen LogP contribution in [0.3, 0.4) is 0 Å². The molecule has 5 heteroatoms. The van der Waals surface area contributed by atoms with Crippen LogP contribution in [0.25, 0.3) is 0 Å². The van der Waals surface area contributed by atoms with Crippen LogP contribution in [0.15, 0.2) is 24.5 Å². The summed E-state index contributed by atoms with van der Waals surface area (Å²) in [5, 5.41) is 13.9. The fourth-order valence-corrected chi connectivity index (χ4v) is 1.69. The lowest BCUT2D eigenvalue weighted by Gasteiger charge is -2.00. The van der Waals surface area contributed by atoms with E-state index in [9.17, 15) is 9.90 Å². The Kier molecular flexibility index (Phi) is 2.91. The van der Waals surface area contributed by atoms with Crippen molar-refractivity contribution in [3.05, 3.63) is 41.3 Å². The maximum absolute atomic E-state index is 12.2. The summed E-state index contributed by atoms with van der Waals surface area (Å²) in [4.78, 5) is 16.1. The first-order chi connectivity index (χ1) is 8.15. The van der Waals surface area contributed by atoms with Gasteiger partial charge in [-0.3, -0.25) is 9.78 Å². The van der Waals surface area contributed by atoms with Gasteiger partial charge in [0.2, 0.25) is 11.7 Å². The fraction of sp³-hybridized carbons (Fsp3) is 0.250. The summed E-state index contributed by atoms with van der Waals surface area (Å²) in [6.07, 6.45) is 3.67. The van der Waals surface area contributed by atoms with E-state index in [1.807, 2.05) is 6.92 Å². The van der Waals surface area contributed by atoms with Crippen LogP contribution < -0.4 is 0 Å². The van der Waals surface area contributed by atoms with Crippen molar-refractivity contribution in [2.24, 2.45) is 7.05 Å². The van der Waals surface area contributed by atoms with Crippen LogP contribution in [-0.2, 0) is 13.5 Å².